The molecule has 0 heterocycles. The van der Waals surface area contributed by atoms with Crippen LogP contribution in [-0.2, 0) is 6.42 Å². The highest BCUT2D eigenvalue weighted by atomic mass is 19.4. The van der Waals surface area contributed by atoms with Gasteiger partial charge in [0.25, 0.3) is 0 Å². The first kappa shape index (κ1) is 11.3. The lowest BCUT2D eigenvalue weighted by Crippen LogP contribution is -2.25. The van der Waals surface area contributed by atoms with Gasteiger partial charge in [-0.05, 0) is 30.9 Å². The number of alkyl halides is 3. The van der Waals surface area contributed by atoms with Gasteiger partial charge in [-0.3, -0.25) is 0 Å². The van der Waals surface area contributed by atoms with Gasteiger partial charge in [-0.1, -0.05) is 18.2 Å². The molecule has 1 aromatic carbocycles. The van der Waals surface area contributed by atoms with Crippen molar-refractivity contribution in [3.63, 3.8) is 0 Å². The number of halogens is 3. The summed E-state index contributed by atoms with van der Waals surface area (Å²) in [4.78, 5) is 0. The third-order valence-corrected chi connectivity index (χ3v) is 2.63. The zero-order valence-electron chi connectivity index (χ0n) is 8.55. The van der Waals surface area contributed by atoms with Crippen molar-refractivity contribution in [2.45, 2.75) is 31.2 Å². The highest BCUT2D eigenvalue weighted by Crippen LogP contribution is 2.38. The molecule has 16 heavy (non-hydrogen) atoms. The number of para-hydroxylation sites is 1. The van der Waals surface area contributed by atoms with E-state index in [1.54, 1.807) is 12.1 Å². The molecule has 2 N–H and O–H groups in total. The average molecular weight is 231 g/mol. The normalized spacial score (nSPS) is 18.2. The molecule has 0 radical (unpaired) electrons. The van der Waals surface area contributed by atoms with E-state index in [4.69, 9.17) is 5.73 Å². The van der Waals surface area contributed by atoms with Gasteiger partial charge in [0.1, 0.15) is 5.75 Å². The van der Waals surface area contributed by atoms with Crippen LogP contribution < -0.4 is 10.5 Å². The Balaban J connectivity index is 2.17. The quantitative estimate of drug-likeness (QED) is 0.867. The van der Waals surface area contributed by atoms with Gasteiger partial charge in [0.05, 0.1) is 0 Å². The summed E-state index contributed by atoms with van der Waals surface area (Å²) in [5.74, 6) is -0.147. The predicted octanol–water partition coefficient (Wildman–Crippen LogP) is 2.62. The molecule has 0 atom stereocenters. The van der Waals surface area contributed by atoms with Crippen LogP contribution in [-0.4, -0.2) is 11.9 Å². The Bertz CT molecular complexity index is 359. The molecule has 0 amide bonds. The van der Waals surface area contributed by atoms with E-state index in [1.165, 1.54) is 12.1 Å². The molecule has 0 saturated heterocycles. The van der Waals surface area contributed by atoms with Crippen molar-refractivity contribution in [1.29, 1.82) is 0 Å². The number of hydrogen-bond acceptors (Lipinski definition) is 2. The van der Waals surface area contributed by atoms with E-state index in [0.717, 1.165) is 12.8 Å². The molecule has 0 unspecified atom stereocenters. The van der Waals surface area contributed by atoms with Crippen molar-refractivity contribution in [1.82, 2.24) is 0 Å². The molecule has 5 heteroatoms. The molecule has 0 aliphatic heterocycles. The molecule has 2 nitrogen and oxygen atoms in total. The van der Waals surface area contributed by atoms with Gasteiger partial charge >= 0.3 is 6.36 Å². The lowest BCUT2D eigenvalue weighted by Gasteiger charge is -2.15. The van der Waals surface area contributed by atoms with E-state index < -0.39 is 6.36 Å². The maximum Gasteiger partial charge on any atom is 0.573 e. The van der Waals surface area contributed by atoms with E-state index in [1.807, 2.05) is 0 Å². The van der Waals surface area contributed by atoms with Gasteiger partial charge < -0.3 is 10.5 Å². The molecular formula is C11H12F3NO. The van der Waals surface area contributed by atoms with Crippen molar-refractivity contribution < 1.29 is 17.9 Å². The minimum atomic E-state index is -4.65. The fourth-order valence-electron chi connectivity index (χ4n) is 1.59. The van der Waals surface area contributed by atoms with Crippen LogP contribution in [0.2, 0.25) is 0 Å². The largest absolute Gasteiger partial charge is 0.573 e. The van der Waals surface area contributed by atoms with Crippen LogP contribution in [0.15, 0.2) is 24.3 Å². The molecule has 1 fully saturated rings. The standard InChI is InChI=1S/C11H12F3NO/c12-11(13,14)16-9-4-2-1-3-8(9)7-10(15)5-6-10/h1-4H,5-7,15H2. The van der Waals surface area contributed by atoms with Crippen molar-refractivity contribution in [2.75, 3.05) is 0 Å². The van der Waals surface area contributed by atoms with Gasteiger partial charge in [-0.25, -0.2) is 0 Å². The minimum absolute atomic E-state index is 0.147. The monoisotopic (exact) mass is 231 g/mol. The molecule has 88 valence electrons. The van der Waals surface area contributed by atoms with Crippen LogP contribution in [0.25, 0.3) is 0 Å². The number of ether oxygens (including phenoxy) is 1. The molecule has 0 aromatic heterocycles. The third-order valence-electron chi connectivity index (χ3n) is 2.63. The second-order valence-corrected chi connectivity index (χ2v) is 4.19. The Hall–Kier alpha value is -1.23. The average Bonchev–Trinajstić information content (AvgIpc) is 2.85. The van der Waals surface area contributed by atoms with Crippen molar-refractivity contribution in [2.24, 2.45) is 5.73 Å². The van der Waals surface area contributed by atoms with Crippen molar-refractivity contribution >= 4 is 0 Å². The Morgan fingerprint density at radius 2 is 1.88 bits per heavy atom. The van der Waals surface area contributed by atoms with Crippen molar-refractivity contribution in [3.8, 4) is 5.75 Å². The van der Waals surface area contributed by atoms with E-state index in [2.05, 4.69) is 4.74 Å². The van der Waals surface area contributed by atoms with Gasteiger partial charge in [-0.2, -0.15) is 0 Å². The lowest BCUT2D eigenvalue weighted by molar-refractivity contribution is -0.274. The Labute approximate surface area is 91.2 Å². The predicted molar refractivity (Wildman–Crippen MR) is 53.0 cm³/mol. The summed E-state index contributed by atoms with van der Waals surface area (Å²) in [6.07, 6.45) is -2.51. The molecule has 1 aromatic rings. The van der Waals surface area contributed by atoms with E-state index in [-0.39, 0.29) is 11.3 Å². The van der Waals surface area contributed by atoms with Crippen LogP contribution in [0, 0.1) is 0 Å². The summed E-state index contributed by atoms with van der Waals surface area (Å²) >= 11 is 0. The van der Waals surface area contributed by atoms with Crippen LogP contribution in [0.4, 0.5) is 13.2 Å². The second kappa shape index (κ2) is 3.66. The van der Waals surface area contributed by atoms with Crippen LogP contribution in [0.5, 0.6) is 5.75 Å². The number of rotatable bonds is 3. The first-order valence-corrected chi connectivity index (χ1v) is 5.01. The zero-order chi connectivity index (χ0) is 11.8. The van der Waals surface area contributed by atoms with Gasteiger partial charge in [0.2, 0.25) is 0 Å². The van der Waals surface area contributed by atoms with Crippen molar-refractivity contribution in [3.05, 3.63) is 29.8 Å². The highest BCUT2D eigenvalue weighted by molar-refractivity contribution is 5.35. The van der Waals surface area contributed by atoms with Crippen LogP contribution in [0.1, 0.15) is 18.4 Å². The summed E-state index contributed by atoms with van der Waals surface area (Å²) in [6, 6.07) is 6.13. The number of benzene rings is 1. The molecule has 2 rings (SSSR count). The zero-order valence-corrected chi connectivity index (χ0v) is 8.55. The molecule has 0 spiro atoms. The fraction of sp³-hybridized carbons (Fsp3) is 0.455. The van der Waals surface area contributed by atoms with E-state index in [0.29, 0.717) is 12.0 Å². The molecule has 1 aliphatic rings. The smallest absolute Gasteiger partial charge is 0.406 e. The highest BCUT2D eigenvalue weighted by Gasteiger charge is 2.39. The van der Waals surface area contributed by atoms with Crippen LogP contribution in [0.3, 0.4) is 0 Å². The molecule has 0 bridgehead atoms. The number of nitrogens with two attached hydrogens (primary N) is 1. The third kappa shape index (κ3) is 2.88. The maximum absolute atomic E-state index is 12.1. The summed E-state index contributed by atoms with van der Waals surface area (Å²) in [5.41, 5.74) is 6.06. The summed E-state index contributed by atoms with van der Waals surface area (Å²) in [7, 11) is 0. The fourth-order valence-corrected chi connectivity index (χ4v) is 1.59. The van der Waals surface area contributed by atoms with E-state index in [9.17, 15) is 13.2 Å². The maximum atomic E-state index is 12.1. The topological polar surface area (TPSA) is 35.2 Å². The molecule has 1 aliphatic carbocycles. The molecular weight excluding hydrogens is 219 g/mol. The van der Waals surface area contributed by atoms with Crippen LogP contribution >= 0.6 is 0 Å². The summed E-state index contributed by atoms with van der Waals surface area (Å²) in [6.45, 7) is 0. The Kier molecular flexibility index (Phi) is 2.58. The Morgan fingerprint density at radius 3 is 2.44 bits per heavy atom. The number of hydrogen-bond donors (Lipinski definition) is 1. The Morgan fingerprint density at radius 1 is 1.25 bits per heavy atom. The van der Waals surface area contributed by atoms with Gasteiger partial charge in [0.15, 0.2) is 0 Å². The summed E-state index contributed by atoms with van der Waals surface area (Å²) in [5, 5.41) is 0. The van der Waals surface area contributed by atoms with Gasteiger partial charge in [0, 0.05) is 5.54 Å². The second-order valence-electron chi connectivity index (χ2n) is 4.19. The minimum Gasteiger partial charge on any atom is -0.406 e. The molecule has 1 saturated carbocycles. The van der Waals surface area contributed by atoms with E-state index >= 15 is 0 Å². The summed E-state index contributed by atoms with van der Waals surface area (Å²) < 4.78 is 40.3. The lowest BCUT2D eigenvalue weighted by atomic mass is 10.0. The first-order valence-electron chi connectivity index (χ1n) is 5.01. The first-order chi connectivity index (χ1) is 7.38. The SMILES string of the molecule is NC1(Cc2ccccc2OC(F)(F)F)CC1. The van der Waals surface area contributed by atoms with Gasteiger partial charge in [-0.15, -0.1) is 13.2 Å².